The van der Waals surface area contributed by atoms with Gasteiger partial charge in [0.15, 0.2) is 0 Å². The summed E-state index contributed by atoms with van der Waals surface area (Å²) in [4.78, 5) is 11.5. The zero-order chi connectivity index (χ0) is 15.4. The van der Waals surface area contributed by atoms with Crippen molar-refractivity contribution in [2.75, 3.05) is 0 Å². The lowest BCUT2D eigenvalue weighted by Crippen LogP contribution is -2.39. The van der Waals surface area contributed by atoms with Gasteiger partial charge in [-0.3, -0.25) is 4.79 Å². The number of allylic oxidation sites excluding steroid dienone is 2. The van der Waals surface area contributed by atoms with Gasteiger partial charge in [-0.25, -0.2) is 0 Å². The minimum Gasteiger partial charge on any atom is -0.460 e. The molecule has 1 unspecified atom stereocenters. The van der Waals surface area contributed by atoms with Gasteiger partial charge in [0.2, 0.25) is 5.83 Å². The van der Waals surface area contributed by atoms with E-state index in [4.69, 9.17) is 0 Å². The molecule has 110 valence electrons. The van der Waals surface area contributed by atoms with E-state index in [0.29, 0.717) is 0 Å². The minimum atomic E-state index is -4.64. The highest BCUT2D eigenvalue weighted by Crippen LogP contribution is 2.39. The highest BCUT2D eigenvalue weighted by Gasteiger charge is 2.51. The predicted octanol–water partition coefficient (Wildman–Crippen LogP) is 4.23. The highest BCUT2D eigenvalue weighted by atomic mass is 19.3. The molecular weight excluding hydrogens is 271 g/mol. The van der Waals surface area contributed by atoms with Crippen LogP contribution in [0.5, 0.6) is 0 Å². The van der Waals surface area contributed by atoms with E-state index in [-0.39, 0.29) is 0 Å². The van der Waals surface area contributed by atoms with Gasteiger partial charge in [-0.05, 0) is 27.2 Å². The first-order chi connectivity index (χ1) is 8.43. The van der Waals surface area contributed by atoms with Crippen molar-refractivity contribution in [1.82, 2.24) is 0 Å². The van der Waals surface area contributed by atoms with E-state index in [2.05, 4.69) is 11.3 Å². The van der Waals surface area contributed by atoms with Crippen molar-refractivity contribution in [2.45, 2.75) is 38.7 Å². The van der Waals surface area contributed by atoms with Crippen LogP contribution in [-0.2, 0) is 9.53 Å². The van der Waals surface area contributed by atoms with Crippen molar-refractivity contribution < 1.29 is 31.5 Å². The van der Waals surface area contributed by atoms with Crippen LogP contribution in [-0.4, -0.2) is 17.5 Å². The molecule has 0 saturated heterocycles. The number of halogens is 5. The van der Waals surface area contributed by atoms with Crippen LogP contribution in [0.4, 0.5) is 22.0 Å². The standard InChI is InChI=1S/C12H15F5O2/c1-5-6-7(10(18)19-11(2,3)4)12(16,17)8(13)9(14)15/h5,7H,1,6H2,2-4H3. The fourth-order valence-electron chi connectivity index (χ4n) is 1.21. The van der Waals surface area contributed by atoms with Gasteiger partial charge >= 0.3 is 18.0 Å². The smallest absolute Gasteiger partial charge is 0.317 e. The van der Waals surface area contributed by atoms with Crippen LogP contribution >= 0.6 is 0 Å². The van der Waals surface area contributed by atoms with Gasteiger partial charge in [-0.2, -0.15) is 22.0 Å². The number of hydrogen-bond donors (Lipinski definition) is 0. The van der Waals surface area contributed by atoms with Crippen LogP contribution in [0.3, 0.4) is 0 Å². The molecule has 7 heteroatoms. The van der Waals surface area contributed by atoms with Crippen LogP contribution in [0, 0.1) is 5.92 Å². The molecule has 0 aromatic rings. The first kappa shape index (κ1) is 17.6. The zero-order valence-electron chi connectivity index (χ0n) is 10.8. The van der Waals surface area contributed by atoms with Crippen LogP contribution in [0.2, 0.25) is 0 Å². The second-order valence-corrected chi connectivity index (χ2v) is 4.81. The van der Waals surface area contributed by atoms with Crippen molar-refractivity contribution in [2.24, 2.45) is 5.92 Å². The minimum absolute atomic E-state index is 0.692. The molecule has 0 N–H and O–H groups in total. The van der Waals surface area contributed by atoms with E-state index < -0.39 is 41.7 Å². The van der Waals surface area contributed by atoms with Gasteiger partial charge in [0.25, 0.3) is 0 Å². The summed E-state index contributed by atoms with van der Waals surface area (Å²) in [5.41, 5.74) is -1.10. The molecule has 1 atom stereocenters. The molecule has 0 aliphatic carbocycles. The lowest BCUT2D eigenvalue weighted by molar-refractivity contribution is -0.172. The van der Waals surface area contributed by atoms with Crippen LogP contribution in [0.15, 0.2) is 24.6 Å². The van der Waals surface area contributed by atoms with Gasteiger partial charge < -0.3 is 4.74 Å². The van der Waals surface area contributed by atoms with Gasteiger partial charge in [-0.15, -0.1) is 6.58 Å². The van der Waals surface area contributed by atoms with Crippen molar-refractivity contribution in [3.63, 3.8) is 0 Å². The van der Waals surface area contributed by atoms with Gasteiger partial charge in [0, 0.05) is 0 Å². The molecule has 0 amide bonds. The molecule has 0 rings (SSSR count). The number of alkyl halides is 2. The van der Waals surface area contributed by atoms with E-state index >= 15 is 0 Å². The number of hydrogen-bond acceptors (Lipinski definition) is 2. The van der Waals surface area contributed by atoms with Crippen LogP contribution < -0.4 is 0 Å². The Hall–Kier alpha value is -1.40. The van der Waals surface area contributed by atoms with E-state index in [0.717, 1.165) is 6.08 Å². The molecule has 0 spiro atoms. The average Bonchev–Trinajstić information content (AvgIpc) is 2.21. The maximum absolute atomic E-state index is 13.5. The van der Waals surface area contributed by atoms with E-state index in [1.165, 1.54) is 20.8 Å². The molecule has 0 fully saturated rings. The monoisotopic (exact) mass is 286 g/mol. The Bertz CT molecular complexity index is 378. The summed E-state index contributed by atoms with van der Waals surface area (Å²) in [6.07, 6.45) is -2.95. The Morgan fingerprint density at radius 1 is 1.26 bits per heavy atom. The fourth-order valence-corrected chi connectivity index (χ4v) is 1.21. The fraction of sp³-hybridized carbons (Fsp3) is 0.583. The molecule has 0 bridgehead atoms. The summed E-state index contributed by atoms with van der Waals surface area (Å²) in [6, 6.07) is 0. The number of esters is 1. The molecular formula is C12H15F5O2. The normalized spacial score (nSPS) is 13.7. The second-order valence-electron chi connectivity index (χ2n) is 4.81. The van der Waals surface area contributed by atoms with Crippen molar-refractivity contribution in [3.8, 4) is 0 Å². The molecule has 0 saturated carbocycles. The molecule has 0 aromatic carbocycles. The number of carbonyl (C=O) groups excluding carboxylic acids is 1. The average molecular weight is 286 g/mol. The summed E-state index contributed by atoms with van der Waals surface area (Å²) in [5, 5.41) is 0. The Labute approximate surface area is 107 Å². The van der Waals surface area contributed by atoms with Gasteiger partial charge in [-0.1, -0.05) is 6.08 Å². The number of ether oxygens (including phenoxy) is 1. The Morgan fingerprint density at radius 3 is 2.05 bits per heavy atom. The molecule has 0 radical (unpaired) electrons. The van der Waals surface area contributed by atoms with Crippen LogP contribution in [0.1, 0.15) is 27.2 Å². The zero-order valence-corrected chi connectivity index (χ0v) is 10.8. The molecule has 0 aromatic heterocycles. The summed E-state index contributed by atoms with van der Waals surface area (Å²) >= 11 is 0. The van der Waals surface area contributed by atoms with E-state index in [1.54, 1.807) is 0 Å². The summed E-state index contributed by atoms with van der Waals surface area (Å²) in [6.45, 7) is 7.37. The molecule has 2 nitrogen and oxygen atoms in total. The lowest BCUT2D eigenvalue weighted by atomic mass is 9.96. The second kappa shape index (κ2) is 6.16. The lowest BCUT2D eigenvalue weighted by Gasteiger charge is -2.27. The quantitative estimate of drug-likeness (QED) is 0.429. The van der Waals surface area contributed by atoms with Gasteiger partial charge in [0.1, 0.15) is 11.5 Å². The highest BCUT2D eigenvalue weighted by molar-refractivity contribution is 5.75. The SMILES string of the molecule is C=CCC(C(=O)OC(C)(C)C)C(F)(F)C(F)=C(F)F. The summed E-state index contributed by atoms with van der Waals surface area (Å²) < 4.78 is 68.4. The van der Waals surface area contributed by atoms with E-state index in [1.807, 2.05) is 0 Å². The first-order valence-corrected chi connectivity index (χ1v) is 5.36. The number of carbonyl (C=O) groups is 1. The first-order valence-electron chi connectivity index (χ1n) is 5.36. The van der Waals surface area contributed by atoms with Crippen molar-refractivity contribution in [3.05, 3.63) is 24.6 Å². The summed E-state index contributed by atoms with van der Waals surface area (Å²) in [5.74, 6) is -11.4. The summed E-state index contributed by atoms with van der Waals surface area (Å²) in [7, 11) is 0. The van der Waals surface area contributed by atoms with E-state index in [9.17, 15) is 26.7 Å². The Morgan fingerprint density at radius 2 is 1.74 bits per heavy atom. The topological polar surface area (TPSA) is 26.3 Å². The predicted molar refractivity (Wildman–Crippen MR) is 59.4 cm³/mol. The molecule has 0 aliphatic rings. The van der Waals surface area contributed by atoms with Gasteiger partial charge in [0.05, 0.1) is 0 Å². The van der Waals surface area contributed by atoms with Crippen LogP contribution in [0.25, 0.3) is 0 Å². The molecule has 19 heavy (non-hydrogen) atoms. The maximum Gasteiger partial charge on any atom is 0.317 e. The molecule has 0 heterocycles. The third-order valence-electron chi connectivity index (χ3n) is 1.99. The van der Waals surface area contributed by atoms with Crippen molar-refractivity contribution >= 4 is 5.97 Å². The Balaban J connectivity index is 5.38. The Kier molecular flexibility index (Phi) is 5.71. The van der Waals surface area contributed by atoms with Crippen molar-refractivity contribution in [1.29, 1.82) is 0 Å². The largest absolute Gasteiger partial charge is 0.460 e. The third kappa shape index (κ3) is 5.00. The third-order valence-corrected chi connectivity index (χ3v) is 1.99. The molecule has 0 aliphatic heterocycles. The number of rotatable bonds is 5. The maximum atomic E-state index is 13.5.